The minimum Gasteiger partial charge on any atom is -0.550 e. The minimum absolute atomic E-state index is 0. The molecule has 0 saturated carbocycles. The van der Waals surface area contributed by atoms with Gasteiger partial charge in [0, 0.05) is 5.97 Å². The van der Waals surface area contributed by atoms with Crippen molar-refractivity contribution in [1.82, 2.24) is 0 Å². The molecular formula is C4H7O2Rb. The molecule has 0 spiro atoms. The third kappa shape index (κ3) is 11.1. The summed E-state index contributed by atoms with van der Waals surface area (Å²) in [6.45, 7) is 1.80. The predicted molar refractivity (Wildman–Crippen MR) is 19.9 cm³/mol. The average Bonchev–Trinajstić information content (AvgIpc) is 1.35. The Kier molecular flexibility index (Phi) is 11.6. The molecule has 0 saturated heterocycles. The van der Waals surface area contributed by atoms with Crippen LogP contribution < -0.4 is 63.3 Å². The van der Waals surface area contributed by atoms with E-state index < -0.39 is 5.97 Å². The standard InChI is InChI=1S/C4H8O2.Rb/c1-2-3-4(5)6;/h2-3H2,1H3,(H,5,6);/q;+1/p-1. The number of aliphatic carboxylic acids is 1. The quantitative estimate of drug-likeness (QED) is 0.435. The third-order valence-corrected chi connectivity index (χ3v) is 0.454. The summed E-state index contributed by atoms with van der Waals surface area (Å²) < 4.78 is 0. The Hall–Kier alpha value is 1.28. The molecule has 36 valence electrons. The molecule has 0 aromatic heterocycles. The van der Waals surface area contributed by atoms with Crippen LogP contribution in [-0.2, 0) is 4.79 Å². The van der Waals surface area contributed by atoms with Crippen molar-refractivity contribution in [2.45, 2.75) is 19.8 Å². The summed E-state index contributed by atoms with van der Waals surface area (Å²) in [7, 11) is 0. The number of rotatable bonds is 2. The van der Waals surface area contributed by atoms with Crippen LogP contribution in [0.1, 0.15) is 19.8 Å². The van der Waals surface area contributed by atoms with E-state index in [-0.39, 0.29) is 64.6 Å². The second-order valence-electron chi connectivity index (χ2n) is 1.12. The van der Waals surface area contributed by atoms with Gasteiger partial charge in [-0.1, -0.05) is 13.3 Å². The van der Waals surface area contributed by atoms with Gasteiger partial charge in [-0.05, 0) is 6.42 Å². The van der Waals surface area contributed by atoms with Crippen LogP contribution >= 0.6 is 0 Å². The van der Waals surface area contributed by atoms with Crippen LogP contribution in [0.3, 0.4) is 0 Å². The number of carboxylic acids is 1. The van der Waals surface area contributed by atoms with E-state index in [4.69, 9.17) is 0 Å². The Morgan fingerprint density at radius 3 is 2.14 bits per heavy atom. The van der Waals surface area contributed by atoms with Crippen molar-refractivity contribution < 1.29 is 68.1 Å². The zero-order valence-electron chi connectivity index (χ0n) is 4.73. The van der Waals surface area contributed by atoms with E-state index in [0.717, 1.165) is 0 Å². The van der Waals surface area contributed by atoms with Crippen molar-refractivity contribution in [1.29, 1.82) is 0 Å². The third-order valence-electron chi connectivity index (χ3n) is 0.454. The topological polar surface area (TPSA) is 40.1 Å². The van der Waals surface area contributed by atoms with Crippen LogP contribution in [0.25, 0.3) is 0 Å². The molecule has 0 N–H and O–H groups in total. The Morgan fingerprint density at radius 2 is 2.14 bits per heavy atom. The molecule has 0 aromatic carbocycles. The van der Waals surface area contributed by atoms with Crippen molar-refractivity contribution in [2.24, 2.45) is 0 Å². The second-order valence-corrected chi connectivity index (χ2v) is 1.12. The number of hydrogen-bond donors (Lipinski definition) is 0. The van der Waals surface area contributed by atoms with E-state index in [9.17, 15) is 9.90 Å². The summed E-state index contributed by atoms with van der Waals surface area (Å²) in [5.74, 6) is -0.961. The summed E-state index contributed by atoms with van der Waals surface area (Å²) in [6, 6.07) is 0. The van der Waals surface area contributed by atoms with E-state index in [1.54, 1.807) is 6.92 Å². The van der Waals surface area contributed by atoms with Gasteiger partial charge in [-0.15, -0.1) is 0 Å². The molecule has 2 nitrogen and oxygen atoms in total. The fourth-order valence-electron chi connectivity index (χ4n) is 0.204. The number of carboxylic acid groups (broad SMARTS) is 1. The van der Waals surface area contributed by atoms with E-state index in [0.29, 0.717) is 6.42 Å². The van der Waals surface area contributed by atoms with Gasteiger partial charge in [0.2, 0.25) is 0 Å². The zero-order chi connectivity index (χ0) is 4.99. The van der Waals surface area contributed by atoms with Crippen molar-refractivity contribution in [3.8, 4) is 0 Å². The Bertz CT molecular complexity index is 53.7. The smallest absolute Gasteiger partial charge is 0.550 e. The molecular weight excluding hydrogens is 166 g/mol. The van der Waals surface area contributed by atoms with Crippen molar-refractivity contribution >= 4 is 5.97 Å². The van der Waals surface area contributed by atoms with Crippen LogP contribution in [0.5, 0.6) is 0 Å². The molecule has 7 heavy (non-hydrogen) atoms. The first-order valence-electron chi connectivity index (χ1n) is 1.97. The molecule has 0 atom stereocenters. The zero-order valence-corrected chi connectivity index (χ0v) is 9.65. The first kappa shape index (κ1) is 11.1. The number of hydrogen-bond acceptors (Lipinski definition) is 2. The van der Waals surface area contributed by atoms with Crippen molar-refractivity contribution in [2.75, 3.05) is 0 Å². The van der Waals surface area contributed by atoms with Gasteiger partial charge in [0.15, 0.2) is 0 Å². The number of carbonyl (C=O) groups excluding carboxylic acids is 1. The van der Waals surface area contributed by atoms with Crippen LogP contribution in [0, 0.1) is 0 Å². The first-order valence-corrected chi connectivity index (χ1v) is 1.97. The van der Waals surface area contributed by atoms with Crippen LogP contribution in [0.15, 0.2) is 0 Å². The summed E-state index contributed by atoms with van der Waals surface area (Å²) in [4.78, 5) is 9.49. The number of carbonyl (C=O) groups is 1. The molecule has 0 aromatic rings. The largest absolute Gasteiger partial charge is 1.00 e. The van der Waals surface area contributed by atoms with Gasteiger partial charge in [-0.3, -0.25) is 0 Å². The first-order chi connectivity index (χ1) is 2.77. The fraction of sp³-hybridized carbons (Fsp3) is 0.750. The van der Waals surface area contributed by atoms with Crippen molar-refractivity contribution in [3.05, 3.63) is 0 Å². The molecule has 0 fully saturated rings. The van der Waals surface area contributed by atoms with Gasteiger partial charge in [0.05, 0.1) is 0 Å². The molecule has 0 aliphatic carbocycles. The molecule has 0 heterocycles. The Morgan fingerprint density at radius 1 is 1.71 bits per heavy atom. The van der Waals surface area contributed by atoms with Crippen molar-refractivity contribution in [3.63, 3.8) is 0 Å². The van der Waals surface area contributed by atoms with Gasteiger partial charge < -0.3 is 9.90 Å². The summed E-state index contributed by atoms with van der Waals surface area (Å²) >= 11 is 0. The van der Waals surface area contributed by atoms with Gasteiger partial charge in [-0.2, -0.15) is 0 Å². The maximum Gasteiger partial charge on any atom is 1.00 e. The van der Waals surface area contributed by atoms with Crippen LogP contribution in [0.2, 0.25) is 0 Å². The monoisotopic (exact) mass is 172 g/mol. The molecule has 3 heteroatoms. The minimum atomic E-state index is -0.961. The molecule has 0 amide bonds. The van der Waals surface area contributed by atoms with Crippen LogP contribution in [-0.4, -0.2) is 5.97 Å². The fourth-order valence-corrected chi connectivity index (χ4v) is 0.204. The van der Waals surface area contributed by atoms with Gasteiger partial charge >= 0.3 is 58.2 Å². The maximum atomic E-state index is 9.49. The van der Waals surface area contributed by atoms with Gasteiger partial charge in [-0.25, -0.2) is 0 Å². The normalized spacial score (nSPS) is 7.00. The SMILES string of the molecule is CCCC(=O)[O-].[Rb+]. The van der Waals surface area contributed by atoms with E-state index >= 15 is 0 Å². The average molecular weight is 173 g/mol. The summed E-state index contributed by atoms with van der Waals surface area (Å²) in [5, 5.41) is 9.49. The maximum absolute atomic E-state index is 9.49. The van der Waals surface area contributed by atoms with Gasteiger partial charge in [0.25, 0.3) is 0 Å². The molecule has 0 aliphatic heterocycles. The molecule has 0 radical (unpaired) electrons. The molecule has 0 unspecified atom stereocenters. The second kappa shape index (κ2) is 7.28. The predicted octanol–water partition coefficient (Wildman–Crippen LogP) is -3.46. The Balaban J connectivity index is 0. The van der Waals surface area contributed by atoms with E-state index in [1.165, 1.54) is 0 Å². The van der Waals surface area contributed by atoms with E-state index in [2.05, 4.69) is 0 Å². The van der Waals surface area contributed by atoms with E-state index in [1.807, 2.05) is 0 Å². The summed E-state index contributed by atoms with van der Waals surface area (Å²) in [6.07, 6.45) is 0.850. The summed E-state index contributed by atoms with van der Waals surface area (Å²) in [5.41, 5.74) is 0. The molecule has 0 aliphatic rings. The van der Waals surface area contributed by atoms with Gasteiger partial charge in [0.1, 0.15) is 0 Å². The molecule has 0 bridgehead atoms. The Labute approximate surface area is 92.1 Å². The molecule has 0 rings (SSSR count). The van der Waals surface area contributed by atoms with Crippen LogP contribution in [0.4, 0.5) is 0 Å².